The van der Waals surface area contributed by atoms with Gasteiger partial charge in [0.2, 0.25) is 0 Å². The van der Waals surface area contributed by atoms with E-state index in [1.165, 1.54) is 0 Å². The van der Waals surface area contributed by atoms with Crippen molar-refractivity contribution in [2.75, 3.05) is 23.7 Å². The van der Waals surface area contributed by atoms with Crippen molar-refractivity contribution < 1.29 is 5.11 Å². The van der Waals surface area contributed by atoms with E-state index in [-0.39, 0.29) is 6.10 Å². The predicted octanol–water partition coefficient (Wildman–Crippen LogP) is 0.235. The highest BCUT2D eigenvalue weighted by molar-refractivity contribution is 5.62. The summed E-state index contributed by atoms with van der Waals surface area (Å²) in [5.74, 6) is 0.791. The van der Waals surface area contributed by atoms with Crippen LogP contribution in [0.2, 0.25) is 0 Å². The van der Waals surface area contributed by atoms with Crippen LogP contribution in [0, 0.1) is 0 Å². The Kier molecular flexibility index (Phi) is 2.06. The summed E-state index contributed by atoms with van der Waals surface area (Å²) in [5.41, 5.74) is 6.44. The molecule has 1 unspecified atom stereocenters. The monoisotopic (exact) mass is 179 g/mol. The maximum Gasteiger partial charge on any atom is 0.151 e. The fourth-order valence-corrected chi connectivity index (χ4v) is 1.61. The maximum atomic E-state index is 9.34. The fourth-order valence-electron chi connectivity index (χ4n) is 1.61. The van der Waals surface area contributed by atoms with Crippen LogP contribution in [0.4, 0.5) is 11.5 Å². The Morgan fingerprint density at radius 1 is 1.62 bits per heavy atom. The molecule has 4 nitrogen and oxygen atoms in total. The number of pyridine rings is 1. The summed E-state index contributed by atoms with van der Waals surface area (Å²) >= 11 is 0. The Bertz CT molecular complexity index is 303. The van der Waals surface area contributed by atoms with Crippen molar-refractivity contribution in [3.8, 4) is 0 Å². The second-order valence-corrected chi connectivity index (χ2v) is 3.30. The average molecular weight is 179 g/mol. The van der Waals surface area contributed by atoms with E-state index in [9.17, 15) is 5.11 Å². The molecule has 0 saturated carbocycles. The number of nitrogens with two attached hydrogens (primary N) is 1. The lowest BCUT2D eigenvalue weighted by atomic mass is 10.3. The quantitative estimate of drug-likeness (QED) is 0.648. The number of aliphatic hydroxyl groups excluding tert-OH is 1. The zero-order chi connectivity index (χ0) is 9.26. The molecule has 0 aliphatic carbocycles. The van der Waals surface area contributed by atoms with Crippen LogP contribution in [0.25, 0.3) is 0 Å². The highest BCUT2D eigenvalue weighted by Gasteiger charge is 2.22. The number of β-amino-alcohol motifs (C(OH)–C–C–N with tert-alkyl or cyclic N) is 1. The van der Waals surface area contributed by atoms with Crippen LogP contribution >= 0.6 is 0 Å². The van der Waals surface area contributed by atoms with Gasteiger partial charge in [-0.1, -0.05) is 0 Å². The molecule has 3 N–H and O–H groups in total. The molecule has 0 radical (unpaired) electrons. The lowest BCUT2D eigenvalue weighted by molar-refractivity contribution is 0.198. The molecule has 1 atom stereocenters. The maximum absolute atomic E-state index is 9.34. The Morgan fingerprint density at radius 2 is 2.46 bits per heavy atom. The summed E-state index contributed by atoms with van der Waals surface area (Å²) in [5, 5.41) is 9.34. The smallest absolute Gasteiger partial charge is 0.151 e. The molecule has 0 spiro atoms. The largest absolute Gasteiger partial charge is 0.396 e. The van der Waals surface area contributed by atoms with E-state index in [0.717, 1.165) is 18.8 Å². The highest BCUT2D eigenvalue weighted by atomic mass is 16.3. The number of aliphatic hydroxyl groups is 1. The van der Waals surface area contributed by atoms with Crippen LogP contribution in [0.15, 0.2) is 18.3 Å². The van der Waals surface area contributed by atoms with Crippen molar-refractivity contribution in [2.45, 2.75) is 12.5 Å². The first-order chi connectivity index (χ1) is 6.27. The number of rotatable bonds is 1. The summed E-state index contributed by atoms with van der Waals surface area (Å²) in [6, 6.07) is 3.64. The lowest BCUT2D eigenvalue weighted by Gasteiger charge is -2.17. The molecule has 1 aliphatic rings. The van der Waals surface area contributed by atoms with Gasteiger partial charge in [0.05, 0.1) is 11.8 Å². The fraction of sp³-hybridized carbons (Fsp3) is 0.444. The number of nitrogen functional groups attached to an aromatic ring is 1. The number of hydrogen-bond donors (Lipinski definition) is 2. The van der Waals surface area contributed by atoms with Crippen molar-refractivity contribution in [3.05, 3.63) is 18.3 Å². The minimum Gasteiger partial charge on any atom is -0.396 e. The minimum absolute atomic E-state index is 0.235. The number of hydrogen-bond acceptors (Lipinski definition) is 4. The summed E-state index contributed by atoms with van der Waals surface area (Å²) in [4.78, 5) is 6.20. The molecule has 4 heteroatoms. The van der Waals surface area contributed by atoms with Gasteiger partial charge in [-0.15, -0.1) is 0 Å². The molecule has 1 aliphatic heterocycles. The first kappa shape index (κ1) is 8.31. The molecule has 0 amide bonds. The molecule has 1 fully saturated rings. The van der Waals surface area contributed by atoms with Gasteiger partial charge in [0.25, 0.3) is 0 Å². The van der Waals surface area contributed by atoms with Crippen molar-refractivity contribution in [1.29, 1.82) is 0 Å². The standard InChI is InChI=1S/C9H13N3O/c10-8-2-1-4-11-9(8)12-5-3-7(13)6-12/h1-2,4,7,13H,3,5-6,10H2. The van der Waals surface area contributed by atoms with Crippen molar-refractivity contribution in [1.82, 2.24) is 4.98 Å². The third-order valence-corrected chi connectivity index (χ3v) is 2.28. The first-order valence-corrected chi connectivity index (χ1v) is 4.41. The zero-order valence-corrected chi connectivity index (χ0v) is 7.35. The van der Waals surface area contributed by atoms with Gasteiger partial charge in [0.1, 0.15) is 0 Å². The van der Waals surface area contributed by atoms with Crippen LogP contribution in [-0.4, -0.2) is 29.3 Å². The minimum atomic E-state index is -0.235. The molecule has 70 valence electrons. The van der Waals surface area contributed by atoms with Gasteiger partial charge in [-0.05, 0) is 18.6 Å². The van der Waals surface area contributed by atoms with Gasteiger partial charge >= 0.3 is 0 Å². The summed E-state index contributed by atoms with van der Waals surface area (Å²) in [6.07, 6.45) is 2.29. The highest BCUT2D eigenvalue weighted by Crippen LogP contribution is 2.23. The average Bonchev–Trinajstić information content (AvgIpc) is 2.53. The lowest BCUT2D eigenvalue weighted by Crippen LogP contribution is -2.23. The van der Waals surface area contributed by atoms with E-state index < -0.39 is 0 Å². The number of aromatic nitrogens is 1. The Morgan fingerprint density at radius 3 is 3.08 bits per heavy atom. The van der Waals surface area contributed by atoms with Gasteiger partial charge in [-0.3, -0.25) is 0 Å². The molecule has 13 heavy (non-hydrogen) atoms. The van der Waals surface area contributed by atoms with Crippen molar-refractivity contribution in [2.24, 2.45) is 0 Å². The molecule has 2 heterocycles. The Balaban J connectivity index is 2.21. The predicted molar refractivity (Wildman–Crippen MR) is 51.5 cm³/mol. The van der Waals surface area contributed by atoms with Crippen LogP contribution in [0.3, 0.4) is 0 Å². The van der Waals surface area contributed by atoms with Gasteiger partial charge in [0, 0.05) is 19.3 Å². The number of anilines is 2. The molecule has 2 rings (SSSR count). The van der Waals surface area contributed by atoms with E-state index >= 15 is 0 Å². The molecular formula is C9H13N3O. The summed E-state index contributed by atoms with van der Waals surface area (Å²) < 4.78 is 0. The number of nitrogens with zero attached hydrogens (tertiary/aromatic N) is 2. The van der Waals surface area contributed by atoms with Gasteiger partial charge in [-0.25, -0.2) is 4.98 Å². The zero-order valence-electron chi connectivity index (χ0n) is 7.35. The molecular weight excluding hydrogens is 166 g/mol. The van der Waals surface area contributed by atoms with Crippen LogP contribution in [0.1, 0.15) is 6.42 Å². The van der Waals surface area contributed by atoms with Gasteiger partial charge in [-0.2, -0.15) is 0 Å². The molecule has 0 aromatic carbocycles. The van der Waals surface area contributed by atoms with E-state index in [1.54, 1.807) is 6.20 Å². The van der Waals surface area contributed by atoms with E-state index in [4.69, 9.17) is 5.73 Å². The van der Waals surface area contributed by atoms with Gasteiger partial charge < -0.3 is 15.7 Å². The van der Waals surface area contributed by atoms with E-state index in [0.29, 0.717) is 12.2 Å². The molecule has 1 aromatic rings. The van der Waals surface area contributed by atoms with Crippen molar-refractivity contribution in [3.63, 3.8) is 0 Å². The molecule has 0 bridgehead atoms. The van der Waals surface area contributed by atoms with Crippen LogP contribution in [0.5, 0.6) is 0 Å². The third-order valence-electron chi connectivity index (χ3n) is 2.28. The normalized spacial score (nSPS) is 22.2. The van der Waals surface area contributed by atoms with Gasteiger partial charge in [0.15, 0.2) is 5.82 Å². The van der Waals surface area contributed by atoms with Crippen LogP contribution < -0.4 is 10.6 Å². The SMILES string of the molecule is Nc1cccnc1N1CCC(O)C1. The van der Waals surface area contributed by atoms with Crippen molar-refractivity contribution >= 4 is 11.5 Å². The second-order valence-electron chi connectivity index (χ2n) is 3.30. The third kappa shape index (κ3) is 1.58. The van der Waals surface area contributed by atoms with E-state index in [1.807, 2.05) is 17.0 Å². The summed E-state index contributed by atoms with van der Waals surface area (Å²) in [6.45, 7) is 1.48. The molecule has 1 saturated heterocycles. The summed E-state index contributed by atoms with van der Waals surface area (Å²) in [7, 11) is 0. The Labute approximate surface area is 77.0 Å². The molecule has 1 aromatic heterocycles. The van der Waals surface area contributed by atoms with Crippen LogP contribution in [-0.2, 0) is 0 Å². The Hall–Kier alpha value is -1.29. The van der Waals surface area contributed by atoms with E-state index in [2.05, 4.69) is 4.98 Å². The first-order valence-electron chi connectivity index (χ1n) is 4.41. The second kappa shape index (κ2) is 3.22. The topological polar surface area (TPSA) is 62.4 Å².